The Morgan fingerprint density at radius 2 is 1.59 bits per heavy atom. The third-order valence-corrected chi connectivity index (χ3v) is 6.85. The van der Waals surface area contributed by atoms with Crippen molar-refractivity contribution in [3.05, 3.63) is 29.3 Å². The summed E-state index contributed by atoms with van der Waals surface area (Å²) in [5, 5.41) is 6.21. The van der Waals surface area contributed by atoms with Gasteiger partial charge in [-0.2, -0.15) is 0 Å². The van der Waals surface area contributed by atoms with Crippen molar-refractivity contribution in [3.8, 4) is 0 Å². The summed E-state index contributed by atoms with van der Waals surface area (Å²) in [4.78, 5) is 27.6. The average molecular weight is 444 g/mol. The zero-order chi connectivity index (χ0) is 22.3. The fraction of sp³-hybridized carbons (Fsp3) is 0.680. The number of hydrogen-bond acceptors (Lipinski definition) is 4. The number of nitrogens with one attached hydrogen (secondary N) is 2. The lowest BCUT2D eigenvalue weighted by atomic mass is 9.95. The predicted octanol–water partition coefficient (Wildman–Crippen LogP) is 4.25. The van der Waals surface area contributed by atoms with Crippen molar-refractivity contribution >= 4 is 17.6 Å². The van der Waals surface area contributed by atoms with E-state index in [1.807, 2.05) is 24.0 Å². The molecule has 2 heterocycles. The maximum Gasteiger partial charge on any atom is 0.322 e. The first-order valence-corrected chi connectivity index (χ1v) is 12.3. The smallest absolute Gasteiger partial charge is 0.322 e. The largest absolute Gasteiger partial charge is 0.376 e. The Kier molecular flexibility index (Phi) is 8.03. The molecule has 7 nitrogen and oxygen atoms in total. The monoisotopic (exact) mass is 443 g/mol. The van der Waals surface area contributed by atoms with E-state index in [0.717, 1.165) is 63.0 Å². The first kappa shape index (κ1) is 23.1. The quantitative estimate of drug-likeness (QED) is 0.660. The Balaban J connectivity index is 1.37. The van der Waals surface area contributed by atoms with Crippen molar-refractivity contribution in [2.45, 2.75) is 83.0 Å². The van der Waals surface area contributed by atoms with Gasteiger partial charge in [0.1, 0.15) is 0 Å². The average Bonchev–Trinajstić information content (AvgIpc) is 3.50. The fourth-order valence-corrected chi connectivity index (χ4v) is 4.96. The molecule has 0 radical (unpaired) electrons. The van der Waals surface area contributed by atoms with Gasteiger partial charge >= 0.3 is 6.03 Å². The van der Waals surface area contributed by atoms with E-state index < -0.39 is 0 Å². The molecule has 3 aliphatic rings. The predicted molar refractivity (Wildman–Crippen MR) is 124 cm³/mol. The minimum absolute atomic E-state index is 0.0312. The van der Waals surface area contributed by atoms with Gasteiger partial charge in [-0.15, -0.1) is 0 Å². The Morgan fingerprint density at radius 3 is 2.16 bits per heavy atom. The van der Waals surface area contributed by atoms with Crippen molar-refractivity contribution in [1.29, 1.82) is 0 Å². The molecule has 2 atom stereocenters. The molecule has 1 aromatic rings. The van der Waals surface area contributed by atoms with Gasteiger partial charge in [0.2, 0.25) is 0 Å². The SMILES string of the molecule is Cc1cc(C(=O)NC2CCCCC2)ccc1NC(=O)N(C[C@H]1CCCO1)C[C@@H]1CCCO1. The summed E-state index contributed by atoms with van der Waals surface area (Å²) in [5.41, 5.74) is 2.25. The molecule has 0 bridgehead atoms. The summed E-state index contributed by atoms with van der Waals surface area (Å²) < 4.78 is 11.5. The van der Waals surface area contributed by atoms with Crippen molar-refractivity contribution in [2.24, 2.45) is 0 Å². The van der Waals surface area contributed by atoms with Crippen LogP contribution in [0.15, 0.2) is 18.2 Å². The first-order chi connectivity index (χ1) is 15.6. The van der Waals surface area contributed by atoms with E-state index >= 15 is 0 Å². The molecule has 32 heavy (non-hydrogen) atoms. The van der Waals surface area contributed by atoms with E-state index in [1.165, 1.54) is 19.3 Å². The molecule has 176 valence electrons. The van der Waals surface area contributed by atoms with Crippen LogP contribution in [0, 0.1) is 6.92 Å². The normalized spacial score (nSPS) is 23.8. The van der Waals surface area contributed by atoms with Crippen molar-refractivity contribution in [1.82, 2.24) is 10.2 Å². The summed E-state index contributed by atoms with van der Waals surface area (Å²) in [6, 6.07) is 5.63. The van der Waals surface area contributed by atoms with Crippen molar-refractivity contribution < 1.29 is 19.1 Å². The highest BCUT2D eigenvalue weighted by Gasteiger charge is 2.27. The van der Waals surface area contributed by atoms with Gasteiger partial charge in [0.15, 0.2) is 0 Å². The van der Waals surface area contributed by atoms with Crippen LogP contribution in [0.3, 0.4) is 0 Å². The zero-order valence-corrected chi connectivity index (χ0v) is 19.2. The molecule has 2 aliphatic heterocycles. The van der Waals surface area contributed by atoms with E-state index in [0.29, 0.717) is 18.7 Å². The van der Waals surface area contributed by atoms with E-state index in [4.69, 9.17) is 9.47 Å². The summed E-state index contributed by atoms with van der Waals surface area (Å²) in [6.07, 6.45) is 9.99. The van der Waals surface area contributed by atoms with Crippen LogP contribution in [-0.4, -0.2) is 61.4 Å². The molecule has 0 unspecified atom stereocenters. The highest BCUT2D eigenvalue weighted by atomic mass is 16.5. The molecule has 0 spiro atoms. The molecular formula is C25H37N3O4. The molecule has 7 heteroatoms. The van der Waals surface area contributed by atoms with Gasteiger partial charge in [-0.3, -0.25) is 4.79 Å². The van der Waals surface area contributed by atoms with E-state index in [2.05, 4.69) is 10.6 Å². The van der Waals surface area contributed by atoms with Crippen molar-refractivity contribution in [2.75, 3.05) is 31.6 Å². The number of aryl methyl sites for hydroxylation is 1. The minimum Gasteiger partial charge on any atom is -0.376 e. The molecule has 2 saturated heterocycles. The van der Waals surface area contributed by atoms with Crippen LogP contribution in [-0.2, 0) is 9.47 Å². The van der Waals surface area contributed by atoms with Gasteiger partial charge in [-0.1, -0.05) is 19.3 Å². The first-order valence-electron chi connectivity index (χ1n) is 12.3. The lowest BCUT2D eigenvalue weighted by Crippen LogP contribution is -2.44. The molecule has 1 aliphatic carbocycles. The maximum atomic E-state index is 13.1. The van der Waals surface area contributed by atoms with Gasteiger partial charge in [0.25, 0.3) is 5.91 Å². The maximum absolute atomic E-state index is 13.1. The molecule has 1 aromatic carbocycles. The van der Waals surface area contributed by atoms with Gasteiger partial charge in [-0.05, 0) is 69.2 Å². The number of ether oxygens (including phenoxy) is 2. The molecule has 0 aromatic heterocycles. The topological polar surface area (TPSA) is 79.9 Å². The third-order valence-electron chi connectivity index (χ3n) is 6.85. The number of nitrogens with zero attached hydrogens (tertiary/aromatic N) is 1. The van der Waals surface area contributed by atoms with Crippen LogP contribution in [0.2, 0.25) is 0 Å². The van der Waals surface area contributed by atoms with Crippen LogP contribution in [0.1, 0.15) is 73.7 Å². The second kappa shape index (κ2) is 11.1. The number of hydrogen-bond donors (Lipinski definition) is 2. The Morgan fingerprint density at radius 1 is 0.938 bits per heavy atom. The number of carbonyl (C=O) groups excluding carboxylic acids is 2. The standard InChI is InChI=1S/C25H37N3O4/c1-18-15-19(24(29)26-20-7-3-2-4-8-20)11-12-23(18)27-25(30)28(16-21-9-5-13-31-21)17-22-10-6-14-32-22/h11-12,15,20-22H,2-10,13-14,16-17H2,1H3,(H,26,29)(H,27,30)/t21-,22+. The molecule has 4 rings (SSSR count). The van der Waals surface area contributed by atoms with Gasteiger partial charge < -0.3 is 25.0 Å². The Hall–Kier alpha value is -2.12. The van der Waals surface area contributed by atoms with E-state index in [-0.39, 0.29) is 30.2 Å². The van der Waals surface area contributed by atoms with Gasteiger partial charge in [0.05, 0.1) is 12.2 Å². The van der Waals surface area contributed by atoms with Crippen molar-refractivity contribution in [3.63, 3.8) is 0 Å². The van der Waals surface area contributed by atoms with Crippen LogP contribution in [0.25, 0.3) is 0 Å². The highest BCUT2D eigenvalue weighted by molar-refractivity contribution is 5.96. The van der Waals surface area contributed by atoms with Crippen LogP contribution in [0.5, 0.6) is 0 Å². The molecule has 2 N–H and O–H groups in total. The molecule has 3 fully saturated rings. The number of urea groups is 1. The lowest BCUT2D eigenvalue weighted by molar-refractivity contribution is 0.0524. The molecule has 3 amide bonds. The van der Waals surface area contributed by atoms with E-state index in [1.54, 1.807) is 6.07 Å². The minimum atomic E-state index is -0.140. The summed E-state index contributed by atoms with van der Waals surface area (Å²) in [5.74, 6) is -0.0312. The molecule has 1 saturated carbocycles. The molecular weight excluding hydrogens is 406 g/mol. The fourth-order valence-electron chi connectivity index (χ4n) is 4.96. The Bertz CT molecular complexity index is 763. The summed E-state index contributed by atoms with van der Waals surface area (Å²) >= 11 is 0. The second-order valence-electron chi connectivity index (χ2n) is 9.44. The number of rotatable bonds is 7. The zero-order valence-electron chi connectivity index (χ0n) is 19.2. The van der Waals surface area contributed by atoms with E-state index in [9.17, 15) is 9.59 Å². The van der Waals surface area contributed by atoms with Crippen LogP contribution < -0.4 is 10.6 Å². The van der Waals surface area contributed by atoms with Crippen LogP contribution >= 0.6 is 0 Å². The summed E-state index contributed by atoms with van der Waals surface area (Å²) in [7, 11) is 0. The highest BCUT2D eigenvalue weighted by Crippen LogP contribution is 2.22. The lowest BCUT2D eigenvalue weighted by Gasteiger charge is -2.28. The number of amides is 3. The number of carbonyl (C=O) groups is 2. The number of benzene rings is 1. The summed E-state index contributed by atoms with van der Waals surface area (Å²) in [6.45, 7) is 4.61. The Labute approximate surface area is 191 Å². The number of anilines is 1. The van der Waals surface area contributed by atoms with Crippen LogP contribution in [0.4, 0.5) is 10.5 Å². The third kappa shape index (κ3) is 6.23. The van der Waals surface area contributed by atoms with Gasteiger partial charge in [-0.25, -0.2) is 4.79 Å². The van der Waals surface area contributed by atoms with Gasteiger partial charge in [0, 0.05) is 43.6 Å². The second-order valence-corrected chi connectivity index (χ2v) is 9.44.